The molecule has 1 amide bonds. The Morgan fingerprint density at radius 3 is 2.45 bits per heavy atom. The number of benzene rings is 2. The lowest BCUT2D eigenvalue weighted by molar-refractivity contribution is 0.0997. The fourth-order valence-corrected chi connectivity index (χ4v) is 6.23. The number of hydrogen-bond donors (Lipinski definition) is 0. The number of carbonyl (C=O) groups excluding carboxylic acids is 1. The van der Waals surface area contributed by atoms with Crippen LogP contribution in [0.4, 0.5) is 0 Å². The predicted octanol–water partition coefficient (Wildman–Crippen LogP) is 3.88. The summed E-state index contributed by atoms with van der Waals surface area (Å²) < 4.78 is 35.8. The molecule has 10 heteroatoms. The van der Waals surface area contributed by atoms with Gasteiger partial charge in [0.25, 0.3) is 5.91 Å². The van der Waals surface area contributed by atoms with E-state index in [4.69, 9.17) is 4.74 Å². The molecule has 0 atom stereocenters. The van der Waals surface area contributed by atoms with E-state index in [0.717, 1.165) is 14.7 Å². The van der Waals surface area contributed by atoms with Gasteiger partial charge in [0, 0.05) is 36.8 Å². The van der Waals surface area contributed by atoms with Crippen LogP contribution in [0, 0.1) is 0 Å². The molecule has 0 bridgehead atoms. The third kappa shape index (κ3) is 5.15. The van der Waals surface area contributed by atoms with Crippen LogP contribution >= 0.6 is 27.3 Å². The van der Waals surface area contributed by atoms with Crippen LogP contribution in [-0.4, -0.2) is 50.0 Å². The molecule has 0 fully saturated rings. The van der Waals surface area contributed by atoms with Crippen LogP contribution in [0.3, 0.4) is 0 Å². The molecule has 0 unspecified atom stereocenters. The predicted molar refractivity (Wildman–Crippen MR) is 126 cm³/mol. The number of sulfonamides is 1. The van der Waals surface area contributed by atoms with Gasteiger partial charge in [0.2, 0.25) is 10.0 Å². The van der Waals surface area contributed by atoms with Crippen LogP contribution in [0.2, 0.25) is 0 Å². The van der Waals surface area contributed by atoms with Gasteiger partial charge in [-0.05, 0) is 42.5 Å². The molecular weight excluding hydrogens is 502 g/mol. The third-order valence-electron chi connectivity index (χ3n) is 4.81. The molecule has 1 aromatic heterocycles. The van der Waals surface area contributed by atoms with E-state index in [0.29, 0.717) is 36.6 Å². The van der Waals surface area contributed by atoms with Crippen molar-refractivity contribution in [2.75, 3.05) is 26.8 Å². The minimum atomic E-state index is -3.57. The first-order valence-corrected chi connectivity index (χ1v) is 12.8. The molecule has 0 aliphatic carbocycles. The maximum Gasteiger partial charge on any atom is 0.279 e. The van der Waals surface area contributed by atoms with Crippen LogP contribution in [0.15, 0.2) is 56.8 Å². The fraction of sp³-hybridized carbons (Fsp3) is 0.333. The molecule has 0 saturated heterocycles. The second-order valence-electron chi connectivity index (χ2n) is 6.67. The van der Waals surface area contributed by atoms with Gasteiger partial charge < -0.3 is 9.30 Å². The average molecular weight is 526 g/mol. The Morgan fingerprint density at radius 1 is 1.16 bits per heavy atom. The van der Waals surface area contributed by atoms with Gasteiger partial charge in [-0.15, -0.1) is 0 Å². The first-order chi connectivity index (χ1) is 14.8. The van der Waals surface area contributed by atoms with Crippen LogP contribution in [0.25, 0.3) is 10.2 Å². The second kappa shape index (κ2) is 10.2. The zero-order valence-electron chi connectivity index (χ0n) is 17.5. The molecule has 31 heavy (non-hydrogen) atoms. The van der Waals surface area contributed by atoms with Crippen molar-refractivity contribution in [3.63, 3.8) is 0 Å². The molecule has 0 radical (unpaired) electrons. The number of amides is 1. The van der Waals surface area contributed by atoms with Crippen LogP contribution in [0.1, 0.15) is 24.2 Å². The average Bonchev–Trinajstić information content (AvgIpc) is 3.08. The van der Waals surface area contributed by atoms with Gasteiger partial charge in [0.1, 0.15) is 0 Å². The van der Waals surface area contributed by atoms with Crippen LogP contribution in [-0.2, 0) is 21.3 Å². The number of methoxy groups -OCH3 is 1. The molecule has 7 nitrogen and oxygen atoms in total. The topological polar surface area (TPSA) is 81.0 Å². The van der Waals surface area contributed by atoms with Crippen molar-refractivity contribution in [1.82, 2.24) is 8.87 Å². The third-order valence-corrected chi connectivity index (χ3v) is 8.40. The Kier molecular flexibility index (Phi) is 7.82. The maximum absolute atomic E-state index is 12.8. The number of halogens is 1. The molecule has 0 aliphatic heterocycles. The van der Waals surface area contributed by atoms with Crippen LogP contribution in [0.5, 0.6) is 0 Å². The first kappa shape index (κ1) is 23.8. The van der Waals surface area contributed by atoms with Gasteiger partial charge in [-0.3, -0.25) is 4.79 Å². The minimum Gasteiger partial charge on any atom is -0.383 e. The summed E-state index contributed by atoms with van der Waals surface area (Å²) >= 11 is 4.89. The minimum absolute atomic E-state index is 0.162. The van der Waals surface area contributed by atoms with Crippen molar-refractivity contribution in [3.8, 4) is 0 Å². The van der Waals surface area contributed by atoms with E-state index < -0.39 is 15.9 Å². The molecule has 0 aliphatic rings. The number of nitrogens with zero attached hydrogens (tertiary/aromatic N) is 3. The van der Waals surface area contributed by atoms with E-state index in [2.05, 4.69) is 20.9 Å². The summed E-state index contributed by atoms with van der Waals surface area (Å²) in [4.78, 5) is 17.9. The normalized spacial score (nSPS) is 12.7. The summed E-state index contributed by atoms with van der Waals surface area (Å²) in [5.74, 6) is -0.427. The monoisotopic (exact) mass is 525 g/mol. The zero-order valence-corrected chi connectivity index (χ0v) is 20.8. The number of fused-ring (bicyclic) bond motifs is 1. The van der Waals surface area contributed by atoms with Gasteiger partial charge in [-0.2, -0.15) is 9.30 Å². The highest BCUT2D eigenvalue weighted by Gasteiger charge is 2.21. The van der Waals surface area contributed by atoms with Gasteiger partial charge in [-0.25, -0.2) is 8.42 Å². The summed E-state index contributed by atoms with van der Waals surface area (Å²) in [6.45, 7) is 5.41. The molecule has 3 aromatic rings. The number of ether oxygens (including phenoxy) is 1. The zero-order chi connectivity index (χ0) is 22.6. The lowest BCUT2D eigenvalue weighted by atomic mass is 10.2. The Labute approximate surface area is 194 Å². The molecule has 0 spiro atoms. The SMILES string of the molecule is CCN(CC)S(=O)(=O)c1ccc(C(=O)N=c2sc3cc(Br)ccc3n2CCOC)cc1. The lowest BCUT2D eigenvalue weighted by Crippen LogP contribution is -2.30. The highest BCUT2D eigenvalue weighted by Crippen LogP contribution is 2.22. The van der Waals surface area contributed by atoms with E-state index in [-0.39, 0.29) is 4.90 Å². The summed E-state index contributed by atoms with van der Waals surface area (Å²) in [6, 6.07) is 11.8. The highest BCUT2D eigenvalue weighted by atomic mass is 79.9. The smallest absolute Gasteiger partial charge is 0.279 e. The molecule has 2 aromatic carbocycles. The van der Waals surface area contributed by atoms with Crippen molar-refractivity contribution in [2.24, 2.45) is 4.99 Å². The Balaban J connectivity index is 1.98. The summed E-state index contributed by atoms with van der Waals surface area (Å²) in [7, 11) is -1.94. The summed E-state index contributed by atoms with van der Waals surface area (Å²) in [5.41, 5.74) is 1.30. The quantitative estimate of drug-likeness (QED) is 0.446. The van der Waals surface area contributed by atoms with E-state index in [1.165, 1.54) is 39.9 Å². The van der Waals surface area contributed by atoms with E-state index >= 15 is 0 Å². The number of hydrogen-bond acceptors (Lipinski definition) is 5. The summed E-state index contributed by atoms with van der Waals surface area (Å²) in [6.07, 6.45) is 0. The Bertz CT molecular complexity index is 1240. The van der Waals surface area contributed by atoms with E-state index in [9.17, 15) is 13.2 Å². The van der Waals surface area contributed by atoms with Crippen molar-refractivity contribution in [3.05, 3.63) is 57.3 Å². The fourth-order valence-electron chi connectivity index (χ4n) is 3.16. The molecule has 0 saturated carbocycles. The maximum atomic E-state index is 12.8. The number of carbonyl (C=O) groups is 1. The largest absolute Gasteiger partial charge is 0.383 e. The van der Waals surface area contributed by atoms with Gasteiger partial charge in [0.05, 0.1) is 21.7 Å². The van der Waals surface area contributed by atoms with Gasteiger partial charge in [0.15, 0.2) is 4.80 Å². The van der Waals surface area contributed by atoms with Gasteiger partial charge >= 0.3 is 0 Å². The van der Waals surface area contributed by atoms with Crippen molar-refractivity contribution < 1.29 is 17.9 Å². The number of aromatic nitrogens is 1. The second-order valence-corrected chi connectivity index (χ2v) is 10.5. The van der Waals surface area contributed by atoms with Crippen molar-refractivity contribution >= 4 is 53.4 Å². The number of thiazole rings is 1. The standard InChI is InChI=1S/C21H24BrN3O4S2/c1-4-24(5-2)31(27,28)17-9-6-15(7-10-17)20(26)23-21-25(12-13-29-3)18-11-8-16(22)14-19(18)30-21/h6-11,14H,4-5,12-13H2,1-3H3. The Hall–Kier alpha value is -1.85. The molecular formula is C21H24BrN3O4S2. The van der Waals surface area contributed by atoms with E-state index in [1.54, 1.807) is 21.0 Å². The van der Waals surface area contributed by atoms with E-state index in [1.807, 2.05) is 22.8 Å². The van der Waals surface area contributed by atoms with Crippen molar-refractivity contribution in [2.45, 2.75) is 25.3 Å². The van der Waals surface area contributed by atoms with Crippen LogP contribution < -0.4 is 4.80 Å². The lowest BCUT2D eigenvalue weighted by Gasteiger charge is -2.18. The molecule has 1 heterocycles. The summed E-state index contributed by atoms with van der Waals surface area (Å²) in [5, 5.41) is 0. The first-order valence-electron chi connectivity index (χ1n) is 9.79. The Morgan fingerprint density at radius 2 is 1.84 bits per heavy atom. The highest BCUT2D eigenvalue weighted by molar-refractivity contribution is 9.10. The van der Waals surface area contributed by atoms with Gasteiger partial charge in [-0.1, -0.05) is 41.1 Å². The molecule has 166 valence electrons. The number of rotatable bonds is 8. The molecule has 0 N–H and O–H groups in total. The van der Waals surface area contributed by atoms with Crippen molar-refractivity contribution in [1.29, 1.82) is 0 Å². The molecule has 3 rings (SSSR count).